The SMILES string of the molecule is CC(C)(O)c1ccnc(N2CCC(O)(c3ccccc3)C3CCCCC32)c1. The maximum atomic E-state index is 11.7. The molecule has 4 nitrogen and oxygen atoms in total. The number of piperidine rings is 1. The van der Waals surface area contributed by atoms with Crippen molar-refractivity contribution in [3.63, 3.8) is 0 Å². The summed E-state index contributed by atoms with van der Waals surface area (Å²) in [4.78, 5) is 6.99. The maximum absolute atomic E-state index is 11.7. The van der Waals surface area contributed by atoms with E-state index in [4.69, 9.17) is 0 Å². The van der Waals surface area contributed by atoms with Crippen molar-refractivity contribution in [2.75, 3.05) is 11.4 Å². The molecule has 1 aliphatic carbocycles. The Morgan fingerprint density at radius 2 is 1.85 bits per heavy atom. The third-order valence-corrected chi connectivity index (χ3v) is 6.50. The summed E-state index contributed by atoms with van der Waals surface area (Å²) in [5, 5.41) is 22.1. The van der Waals surface area contributed by atoms with E-state index in [1.54, 1.807) is 20.0 Å². The Hall–Kier alpha value is -1.91. The first-order valence-corrected chi connectivity index (χ1v) is 10.1. The van der Waals surface area contributed by atoms with Crippen LogP contribution in [0.4, 0.5) is 5.82 Å². The molecule has 1 aromatic heterocycles. The van der Waals surface area contributed by atoms with E-state index in [0.717, 1.165) is 36.3 Å². The second kappa shape index (κ2) is 6.92. The van der Waals surface area contributed by atoms with E-state index in [1.807, 2.05) is 30.3 Å². The van der Waals surface area contributed by atoms with Crippen molar-refractivity contribution in [3.05, 3.63) is 59.8 Å². The van der Waals surface area contributed by atoms with Gasteiger partial charge in [0.1, 0.15) is 5.82 Å². The van der Waals surface area contributed by atoms with Crippen LogP contribution in [0.3, 0.4) is 0 Å². The number of benzene rings is 1. The number of rotatable bonds is 3. The average molecular weight is 367 g/mol. The van der Waals surface area contributed by atoms with Crippen molar-refractivity contribution in [2.24, 2.45) is 5.92 Å². The number of pyridine rings is 1. The molecule has 3 atom stereocenters. The van der Waals surface area contributed by atoms with Crippen molar-refractivity contribution in [2.45, 2.75) is 63.2 Å². The number of aromatic nitrogens is 1. The first-order valence-electron chi connectivity index (χ1n) is 10.1. The normalized spacial score (nSPS) is 28.7. The molecule has 2 fully saturated rings. The molecule has 4 rings (SSSR count). The molecule has 1 aliphatic heterocycles. The number of hydrogen-bond donors (Lipinski definition) is 2. The predicted molar refractivity (Wildman–Crippen MR) is 108 cm³/mol. The first-order chi connectivity index (χ1) is 12.9. The van der Waals surface area contributed by atoms with Gasteiger partial charge in [-0.15, -0.1) is 0 Å². The topological polar surface area (TPSA) is 56.6 Å². The molecule has 0 amide bonds. The fourth-order valence-electron chi connectivity index (χ4n) is 5.01. The van der Waals surface area contributed by atoms with Gasteiger partial charge in [-0.1, -0.05) is 43.2 Å². The monoisotopic (exact) mass is 366 g/mol. The van der Waals surface area contributed by atoms with Gasteiger partial charge in [0.15, 0.2) is 0 Å². The molecule has 144 valence electrons. The zero-order valence-electron chi connectivity index (χ0n) is 16.3. The molecule has 1 aromatic carbocycles. The van der Waals surface area contributed by atoms with Crippen molar-refractivity contribution >= 4 is 5.82 Å². The molecule has 0 bridgehead atoms. The number of hydrogen-bond acceptors (Lipinski definition) is 4. The molecule has 2 heterocycles. The minimum atomic E-state index is -0.885. The zero-order chi connectivity index (χ0) is 19.1. The number of aliphatic hydroxyl groups is 2. The first kappa shape index (κ1) is 18.5. The number of anilines is 1. The van der Waals surface area contributed by atoms with Gasteiger partial charge in [-0.3, -0.25) is 0 Å². The number of fused-ring (bicyclic) bond motifs is 1. The Balaban J connectivity index is 1.68. The third-order valence-electron chi connectivity index (χ3n) is 6.50. The zero-order valence-corrected chi connectivity index (χ0v) is 16.3. The summed E-state index contributed by atoms with van der Waals surface area (Å²) in [7, 11) is 0. The highest BCUT2D eigenvalue weighted by Gasteiger charge is 2.49. The summed E-state index contributed by atoms with van der Waals surface area (Å²) < 4.78 is 0. The van der Waals surface area contributed by atoms with Crippen LogP contribution in [0, 0.1) is 5.92 Å². The van der Waals surface area contributed by atoms with Crippen LogP contribution < -0.4 is 4.90 Å². The summed E-state index contributed by atoms with van der Waals surface area (Å²) in [5.74, 6) is 1.12. The van der Waals surface area contributed by atoms with Gasteiger partial charge in [-0.2, -0.15) is 0 Å². The highest BCUT2D eigenvalue weighted by atomic mass is 16.3. The summed E-state index contributed by atoms with van der Waals surface area (Å²) in [6.45, 7) is 4.38. The lowest BCUT2D eigenvalue weighted by molar-refractivity contribution is -0.0690. The van der Waals surface area contributed by atoms with Gasteiger partial charge in [-0.05, 0) is 56.4 Å². The lowest BCUT2D eigenvalue weighted by atomic mass is 9.66. The molecule has 2 aromatic rings. The van der Waals surface area contributed by atoms with Crippen LogP contribution in [-0.4, -0.2) is 27.8 Å². The lowest BCUT2D eigenvalue weighted by Crippen LogP contribution is -2.57. The summed E-state index contributed by atoms with van der Waals surface area (Å²) in [5.41, 5.74) is 0.268. The Morgan fingerprint density at radius 1 is 1.11 bits per heavy atom. The van der Waals surface area contributed by atoms with Crippen molar-refractivity contribution in [1.82, 2.24) is 4.98 Å². The van der Waals surface area contributed by atoms with Gasteiger partial charge in [0, 0.05) is 24.7 Å². The fraction of sp³-hybridized carbons (Fsp3) is 0.522. The second-order valence-electron chi connectivity index (χ2n) is 8.65. The van der Waals surface area contributed by atoms with E-state index in [0.29, 0.717) is 6.42 Å². The second-order valence-corrected chi connectivity index (χ2v) is 8.65. The molecular weight excluding hydrogens is 336 g/mol. The largest absolute Gasteiger partial charge is 0.386 e. The van der Waals surface area contributed by atoms with E-state index in [9.17, 15) is 10.2 Å². The molecule has 2 aliphatic rings. The van der Waals surface area contributed by atoms with Gasteiger partial charge in [0.25, 0.3) is 0 Å². The van der Waals surface area contributed by atoms with Crippen LogP contribution in [0.2, 0.25) is 0 Å². The van der Waals surface area contributed by atoms with E-state index in [2.05, 4.69) is 22.0 Å². The van der Waals surface area contributed by atoms with Crippen LogP contribution in [-0.2, 0) is 11.2 Å². The van der Waals surface area contributed by atoms with E-state index in [-0.39, 0.29) is 12.0 Å². The Morgan fingerprint density at radius 3 is 2.59 bits per heavy atom. The van der Waals surface area contributed by atoms with Crippen molar-refractivity contribution in [3.8, 4) is 0 Å². The van der Waals surface area contributed by atoms with E-state index < -0.39 is 11.2 Å². The van der Waals surface area contributed by atoms with Crippen LogP contribution in [0.1, 0.15) is 57.1 Å². The molecule has 1 saturated carbocycles. The smallest absolute Gasteiger partial charge is 0.129 e. The van der Waals surface area contributed by atoms with Gasteiger partial charge >= 0.3 is 0 Å². The van der Waals surface area contributed by atoms with Crippen molar-refractivity contribution < 1.29 is 10.2 Å². The molecule has 2 N–H and O–H groups in total. The molecule has 27 heavy (non-hydrogen) atoms. The Kier molecular flexibility index (Phi) is 4.73. The summed E-state index contributed by atoms with van der Waals surface area (Å²) in [6, 6.07) is 14.3. The van der Waals surface area contributed by atoms with Crippen LogP contribution >= 0.6 is 0 Å². The average Bonchev–Trinajstić information content (AvgIpc) is 2.69. The predicted octanol–water partition coefficient (Wildman–Crippen LogP) is 3.97. The van der Waals surface area contributed by atoms with Gasteiger partial charge in [0.2, 0.25) is 0 Å². The highest BCUT2D eigenvalue weighted by molar-refractivity contribution is 5.46. The molecule has 0 spiro atoms. The molecule has 4 heteroatoms. The summed E-state index contributed by atoms with van der Waals surface area (Å²) >= 11 is 0. The quantitative estimate of drug-likeness (QED) is 0.863. The molecule has 0 radical (unpaired) electrons. The van der Waals surface area contributed by atoms with E-state index >= 15 is 0 Å². The van der Waals surface area contributed by atoms with E-state index in [1.165, 1.54) is 12.8 Å². The van der Waals surface area contributed by atoms with Crippen LogP contribution in [0.5, 0.6) is 0 Å². The van der Waals surface area contributed by atoms with Crippen LogP contribution in [0.15, 0.2) is 48.7 Å². The molecule has 1 saturated heterocycles. The van der Waals surface area contributed by atoms with Crippen molar-refractivity contribution in [1.29, 1.82) is 0 Å². The number of nitrogens with zero attached hydrogens (tertiary/aromatic N) is 2. The molecule has 3 unspecified atom stereocenters. The molecular formula is C23H30N2O2. The van der Waals surface area contributed by atoms with Crippen LogP contribution in [0.25, 0.3) is 0 Å². The minimum Gasteiger partial charge on any atom is -0.386 e. The minimum absolute atomic E-state index is 0.204. The van der Waals surface area contributed by atoms with Gasteiger partial charge < -0.3 is 15.1 Å². The lowest BCUT2D eigenvalue weighted by Gasteiger charge is -2.53. The maximum Gasteiger partial charge on any atom is 0.129 e. The van der Waals surface area contributed by atoms with Gasteiger partial charge in [-0.25, -0.2) is 4.98 Å². The highest BCUT2D eigenvalue weighted by Crippen LogP contribution is 2.47. The fourth-order valence-corrected chi connectivity index (χ4v) is 5.01. The standard InChI is InChI=1S/C23H30N2O2/c1-22(2,26)18-12-14-24-21(16-18)25-15-13-23(27,17-8-4-3-5-9-17)19-10-6-7-11-20(19)25/h3-5,8-9,12,14,16,19-20,26-27H,6-7,10-11,13,15H2,1-2H3. The van der Waals surface area contributed by atoms with Gasteiger partial charge in [0.05, 0.1) is 11.2 Å². The summed E-state index contributed by atoms with van der Waals surface area (Å²) in [6.07, 6.45) is 6.96. The Bertz CT molecular complexity index is 786. The Labute approximate surface area is 161 Å². The third kappa shape index (κ3) is 3.37.